The summed E-state index contributed by atoms with van der Waals surface area (Å²) in [5.41, 5.74) is 1.07. The van der Waals surface area contributed by atoms with Crippen molar-refractivity contribution in [3.63, 3.8) is 0 Å². The maximum Gasteiger partial charge on any atom is 0.266 e. The summed E-state index contributed by atoms with van der Waals surface area (Å²) in [7, 11) is 0. The molecule has 0 N–H and O–H groups in total. The van der Waals surface area contributed by atoms with E-state index in [1.165, 1.54) is 11.8 Å². The molecule has 5 heteroatoms. The average molecular weight is 341 g/mol. The third-order valence-corrected chi connectivity index (χ3v) is 4.89. The first-order valence-corrected chi connectivity index (χ1v) is 8.41. The molecule has 1 aliphatic heterocycles. The topological polar surface area (TPSA) is 33.5 Å². The average Bonchev–Trinajstić information content (AvgIpc) is 3.17. The minimum absolute atomic E-state index is 0.0551. The molecule has 0 spiro atoms. The van der Waals surface area contributed by atoms with Gasteiger partial charge in [0.1, 0.15) is 10.1 Å². The molecule has 1 aliphatic rings. The molecule has 0 unspecified atom stereocenters. The Morgan fingerprint density at radius 1 is 1.22 bits per heavy atom. The number of hydrogen-bond acceptors (Lipinski definition) is 4. The minimum atomic E-state index is -0.0800. The quantitative estimate of drug-likeness (QED) is 0.591. The zero-order chi connectivity index (χ0) is 16.2. The third kappa shape index (κ3) is 3.46. The molecule has 1 saturated heterocycles. The van der Waals surface area contributed by atoms with E-state index >= 15 is 0 Å². The summed E-state index contributed by atoms with van der Waals surface area (Å²) in [4.78, 5) is 14.9. The molecule has 1 fully saturated rings. The summed E-state index contributed by atoms with van der Waals surface area (Å²) in [6.45, 7) is 1.99. The number of rotatable bonds is 4. The molecule has 116 valence electrons. The van der Waals surface area contributed by atoms with E-state index in [9.17, 15) is 4.79 Å². The van der Waals surface area contributed by atoms with Crippen LogP contribution in [0.25, 0.3) is 6.08 Å². The van der Waals surface area contributed by atoms with Crippen LogP contribution in [-0.2, 0) is 4.79 Å². The van der Waals surface area contributed by atoms with Crippen molar-refractivity contribution >= 4 is 40.3 Å². The lowest BCUT2D eigenvalue weighted by atomic mass is 10.1. The van der Waals surface area contributed by atoms with Gasteiger partial charge in [0, 0.05) is 0 Å². The molecule has 1 amide bonds. The summed E-state index contributed by atoms with van der Waals surface area (Å²) < 4.78 is 5.81. The lowest BCUT2D eigenvalue weighted by molar-refractivity contribution is -0.123. The number of carbonyl (C=O) groups is 1. The van der Waals surface area contributed by atoms with Crippen LogP contribution in [0, 0.1) is 0 Å². The van der Waals surface area contributed by atoms with Gasteiger partial charge in [-0.25, -0.2) is 0 Å². The molecule has 1 aromatic carbocycles. The van der Waals surface area contributed by atoms with Crippen LogP contribution in [0.3, 0.4) is 0 Å². The van der Waals surface area contributed by atoms with Crippen LogP contribution in [0.2, 0.25) is 0 Å². The standard InChI is InChI=1S/C18H15NO2S2/c1-13(14-7-3-2-4-8-14)19-17(20)16(23-18(19)22)11-5-9-15-10-6-12-21-15/h2-13H,1H3/b9-5+,16-11-/t13-/m0/s1. The molecule has 3 nitrogen and oxygen atoms in total. The number of carbonyl (C=O) groups excluding carboxylic acids is 1. The summed E-state index contributed by atoms with van der Waals surface area (Å²) in [5, 5.41) is 0. The highest BCUT2D eigenvalue weighted by Crippen LogP contribution is 2.36. The minimum Gasteiger partial charge on any atom is -0.465 e. The number of allylic oxidation sites excluding steroid dienone is 2. The Morgan fingerprint density at radius 2 is 2.00 bits per heavy atom. The fourth-order valence-electron chi connectivity index (χ4n) is 2.32. The number of thioether (sulfide) groups is 1. The van der Waals surface area contributed by atoms with E-state index < -0.39 is 0 Å². The molecule has 0 saturated carbocycles. The van der Waals surface area contributed by atoms with Crippen molar-refractivity contribution in [3.8, 4) is 0 Å². The van der Waals surface area contributed by atoms with Crippen molar-refractivity contribution in [1.82, 2.24) is 4.90 Å². The van der Waals surface area contributed by atoms with E-state index in [-0.39, 0.29) is 11.9 Å². The van der Waals surface area contributed by atoms with Crippen LogP contribution in [0.4, 0.5) is 0 Å². The van der Waals surface area contributed by atoms with Gasteiger partial charge in [-0.15, -0.1) is 0 Å². The molecule has 1 atom stereocenters. The van der Waals surface area contributed by atoms with Gasteiger partial charge >= 0.3 is 0 Å². The van der Waals surface area contributed by atoms with E-state index in [2.05, 4.69) is 0 Å². The SMILES string of the molecule is C[C@@H](c1ccccc1)N1C(=O)/C(=C/C=C/c2ccco2)SC1=S. The van der Waals surface area contributed by atoms with Crippen LogP contribution in [-0.4, -0.2) is 15.1 Å². The van der Waals surface area contributed by atoms with Crippen molar-refractivity contribution in [2.75, 3.05) is 0 Å². The number of benzene rings is 1. The molecule has 0 aliphatic carbocycles. The van der Waals surface area contributed by atoms with Crippen LogP contribution in [0.15, 0.2) is 70.2 Å². The Hall–Kier alpha value is -2.11. The lowest BCUT2D eigenvalue weighted by Gasteiger charge is -2.23. The highest BCUT2D eigenvalue weighted by molar-refractivity contribution is 8.26. The fourth-order valence-corrected chi connectivity index (χ4v) is 3.70. The summed E-state index contributed by atoms with van der Waals surface area (Å²) in [6, 6.07) is 13.5. The molecular formula is C18H15NO2S2. The first-order chi connectivity index (χ1) is 11.2. The Morgan fingerprint density at radius 3 is 2.70 bits per heavy atom. The molecule has 3 rings (SSSR count). The van der Waals surface area contributed by atoms with E-state index in [0.717, 1.165) is 11.3 Å². The zero-order valence-corrected chi connectivity index (χ0v) is 14.1. The first kappa shape index (κ1) is 15.8. The predicted octanol–water partition coefficient (Wildman–Crippen LogP) is 4.80. The fraction of sp³-hybridized carbons (Fsp3) is 0.111. The summed E-state index contributed by atoms with van der Waals surface area (Å²) in [5.74, 6) is 0.690. The molecule has 1 aromatic heterocycles. The van der Waals surface area contributed by atoms with Crippen LogP contribution in [0.5, 0.6) is 0 Å². The molecular weight excluding hydrogens is 326 g/mol. The van der Waals surface area contributed by atoms with Crippen molar-refractivity contribution in [3.05, 3.63) is 77.1 Å². The summed E-state index contributed by atoms with van der Waals surface area (Å²) >= 11 is 6.71. The van der Waals surface area contributed by atoms with E-state index in [1.807, 2.05) is 55.5 Å². The maximum atomic E-state index is 12.6. The highest BCUT2D eigenvalue weighted by atomic mass is 32.2. The molecule has 2 heterocycles. The highest BCUT2D eigenvalue weighted by Gasteiger charge is 2.35. The molecule has 2 aromatic rings. The Bertz CT molecular complexity index is 764. The third-order valence-electron chi connectivity index (χ3n) is 3.54. The van der Waals surface area contributed by atoms with Crippen molar-refractivity contribution in [2.24, 2.45) is 0 Å². The number of thiocarbonyl (C=S) groups is 1. The first-order valence-electron chi connectivity index (χ1n) is 7.19. The largest absolute Gasteiger partial charge is 0.465 e. The van der Waals surface area contributed by atoms with E-state index in [1.54, 1.807) is 23.3 Å². The number of amides is 1. The van der Waals surface area contributed by atoms with Gasteiger partial charge in [0.2, 0.25) is 0 Å². The second kappa shape index (κ2) is 6.98. The molecule has 0 bridgehead atoms. The number of furan rings is 1. The van der Waals surface area contributed by atoms with Crippen LogP contribution < -0.4 is 0 Å². The maximum absolute atomic E-state index is 12.6. The monoisotopic (exact) mass is 341 g/mol. The number of nitrogens with zero attached hydrogens (tertiary/aromatic N) is 1. The van der Waals surface area contributed by atoms with Gasteiger partial charge in [0.05, 0.1) is 17.2 Å². The van der Waals surface area contributed by atoms with Crippen LogP contribution in [0.1, 0.15) is 24.3 Å². The van der Waals surface area contributed by atoms with Gasteiger partial charge in [-0.05, 0) is 36.8 Å². The van der Waals surface area contributed by atoms with Crippen molar-refractivity contribution < 1.29 is 9.21 Å². The lowest BCUT2D eigenvalue weighted by Crippen LogP contribution is -2.30. The smallest absolute Gasteiger partial charge is 0.266 e. The van der Waals surface area contributed by atoms with Crippen molar-refractivity contribution in [2.45, 2.75) is 13.0 Å². The van der Waals surface area contributed by atoms with Gasteiger partial charge < -0.3 is 4.42 Å². The molecule has 23 heavy (non-hydrogen) atoms. The predicted molar refractivity (Wildman–Crippen MR) is 97.7 cm³/mol. The van der Waals surface area contributed by atoms with Gasteiger partial charge in [-0.3, -0.25) is 9.69 Å². The zero-order valence-electron chi connectivity index (χ0n) is 12.5. The van der Waals surface area contributed by atoms with Gasteiger partial charge in [0.15, 0.2) is 0 Å². The second-order valence-electron chi connectivity index (χ2n) is 5.04. The van der Waals surface area contributed by atoms with Gasteiger partial charge in [0.25, 0.3) is 5.91 Å². The Kier molecular flexibility index (Phi) is 4.79. The van der Waals surface area contributed by atoms with Gasteiger partial charge in [-0.1, -0.05) is 60.4 Å². The Labute approximate surface area is 144 Å². The van der Waals surface area contributed by atoms with E-state index in [4.69, 9.17) is 16.6 Å². The normalized spacial score (nSPS) is 18.3. The Balaban J connectivity index is 1.77. The van der Waals surface area contributed by atoms with Crippen LogP contribution >= 0.6 is 24.0 Å². The van der Waals surface area contributed by atoms with Gasteiger partial charge in [-0.2, -0.15) is 0 Å². The number of hydrogen-bond donors (Lipinski definition) is 0. The second-order valence-corrected chi connectivity index (χ2v) is 6.71. The van der Waals surface area contributed by atoms with E-state index in [0.29, 0.717) is 9.23 Å². The summed E-state index contributed by atoms with van der Waals surface area (Å²) in [6.07, 6.45) is 7.01. The molecule has 0 radical (unpaired) electrons. The van der Waals surface area contributed by atoms with Crippen molar-refractivity contribution in [1.29, 1.82) is 0 Å².